The van der Waals surface area contributed by atoms with Crippen molar-refractivity contribution >= 4 is 35.0 Å². The summed E-state index contributed by atoms with van der Waals surface area (Å²) < 4.78 is 7.23. The van der Waals surface area contributed by atoms with Gasteiger partial charge in [-0.3, -0.25) is 9.36 Å². The molecule has 0 radical (unpaired) electrons. The zero-order valence-electron chi connectivity index (χ0n) is 16.8. The van der Waals surface area contributed by atoms with E-state index in [2.05, 4.69) is 4.99 Å². The first-order valence-electron chi connectivity index (χ1n) is 9.63. The number of phenols is 1. The minimum atomic E-state index is -0.682. The van der Waals surface area contributed by atoms with E-state index in [1.54, 1.807) is 68.5 Å². The number of fused-ring (bicyclic) bond motifs is 1. The fraction of sp³-hybridized carbons (Fsp3) is 0.174. The van der Waals surface area contributed by atoms with Gasteiger partial charge in [0.15, 0.2) is 4.80 Å². The van der Waals surface area contributed by atoms with E-state index < -0.39 is 12.0 Å². The summed E-state index contributed by atoms with van der Waals surface area (Å²) in [5, 5.41) is 10.3. The molecule has 6 nitrogen and oxygen atoms in total. The number of aromatic nitrogens is 1. The van der Waals surface area contributed by atoms with Crippen LogP contribution in [0.3, 0.4) is 0 Å². The van der Waals surface area contributed by atoms with Gasteiger partial charge in [-0.15, -0.1) is 0 Å². The van der Waals surface area contributed by atoms with E-state index in [9.17, 15) is 14.7 Å². The smallest absolute Gasteiger partial charge is 0.338 e. The Morgan fingerprint density at radius 2 is 2.03 bits per heavy atom. The normalized spacial score (nSPS) is 16.1. The van der Waals surface area contributed by atoms with E-state index in [4.69, 9.17) is 16.3 Å². The van der Waals surface area contributed by atoms with Gasteiger partial charge in [-0.05, 0) is 55.3 Å². The van der Waals surface area contributed by atoms with Gasteiger partial charge in [-0.1, -0.05) is 47.2 Å². The molecule has 0 saturated heterocycles. The second-order valence-electron chi connectivity index (χ2n) is 6.95. The fourth-order valence-electron chi connectivity index (χ4n) is 3.52. The number of phenolic OH excluding ortho intramolecular Hbond substituents is 1. The highest BCUT2D eigenvalue weighted by Gasteiger charge is 2.33. The van der Waals surface area contributed by atoms with E-state index in [1.165, 1.54) is 15.9 Å². The number of ether oxygens (including phenoxy) is 1. The number of allylic oxidation sites excluding steroid dienone is 1. The molecule has 0 aliphatic carbocycles. The second kappa shape index (κ2) is 8.53. The van der Waals surface area contributed by atoms with Crippen molar-refractivity contribution in [1.29, 1.82) is 0 Å². The summed E-state index contributed by atoms with van der Waals surface area (Å²) in [6, 6.07) is 13.0. The molecule has 3 aromatic rings. The summed E-state index contributed by atoms with van der Waals surface area (Å²) in [6.45, 7) is 3.68. The largest absolute Gasteiger partial charge is 0.508 e. The van der Waals surface area contributed by atoms with Crippen molar-refractivity contribution in [1.82, 2.24) is 4.57 Å². The third kappa shape index (κ3) is 4.06. The minimum Gasteiger partial charge on any atom is -0.508 e. The van der Waals surface area contributed by atoms with Gasteiger partial charge in [-0.25, -0.2) is 9.79 Å². The van der Waals surface area contributed by atoms with E-state index in [1.807, 2.05) is 0 Å². The number of hydrogen-bond donors (Lipinski definition) is 1. The Morgan fingerprint density at radius 1 is 1.29 bits per heavy atom. The minimum absolute atomic E-state index is 0.112. The summed E-state index contributed by atoms with van der Waals surface area (Å²) in [5.74, 6) is -0.396. The molecule has 2 heterocycles. The first kappa shape index (κ1) is 21.1. The van der Waals surface area contributed by atoms with Crippen LogP contribution in [-0.2, 0) is 9.53 Å². The van der Waals surface area contributed by atoms with Crippen molar-refractivity contribution < 1.29 is 14.6 Å². The van der Waals surface area contributed by atoms with Gasteiger partial charge >= 0.3 is 5.97 Å². The van der Waals surface area contributed by atoms with Crippen LogP contribution < -0.4 is 14.9 Å². The zero-order valence-corrected chi connectivity index (χ0v) is 18.4. The highest BCUT2D eigenvalue weighted by Crippen LogP contribution is 2.31. The molecule has 158 valence electrons. The SMILES string of the molecule is CCOC(=O)C1=C(C)N=c2s/c(=C\c3cccc(O)c3)c(=O)n2[C@H]1c1ccc(Cl)cc1. The molecule has 0 saturated carbocycles. The number of rotatable bonds is 4. The Hall–Kier alpha value is -3.16. The Labute approximate surface area is 187 Å². The maximum atomic E-state index is 13.4. The Balaban J connectivity index is 1.96. The van der Waals surface area contributed by atoms with E-state index in [0.717, 1.165) is 5.56 Å². The lowest BCUT2D eigenvalue weighted by molar-refractivity contribution is -0.139. The molecule has 0 amide bonds. The molecule has 1 aliphatic rings. The number of nitrogens with zero attached hydrogens (tertiary/aromatic N) is 2. The van der Waals surface area contributed by atoms with Crippen LogP contribution in [0.15, 0.2) is 69.6 Å². The molecule has 0 unspecified atom stereocenters. The van der Waals surface area contributed by atoms with Crippen LogP contribution in [0.1, 0.15) is 31.0 Å². The maximum absolute atomic E-state index is 13.4. The topological polar surface area (TPSA) is 80.9 Å². The molecule has 2 aromatic carbocycles. The van der Waals surface area contributed by atoms with Crippen LogP contribution in [0.2, 0.25) is 5.02 Å². The van der Waals surface area contributed by atoms with E-state index in [0.29, 0.717) is 31.2 Å². The first-order valence-corrected chi connectivity index (χ1v) is 10.8. The predicted octanol–water partition coefficient (Wildman–Crippen LogP) is 3.16. The third-order valence-electron chi connectivity index (χ3n) is 4.87. The predicted molar refractivity (Wildman–Crippen MR) is 120 cm³/mol. The van der Waals surface area contributed by atoms with Crippen LogP contribution in [0.25, 0.3) is 6.08 Å². The second-order valence-corrected chi connectivity index (χ2v) is 8.39. The van der Waals surface area contributed by atoms with Crippen LogP contribution >= 0.6 is 22.9 Å². The monoisotopic (exact) mass is 454 g/mol. The number of benzene rings is 2. The van der Waals surface area contributed by atoms with E-state index >= 15 is 0 Å². The lowest BCUT2D eigenvalue weighted by Gasteiger charge is -2.24. The van der Waals surface area contributed by atoms with Crippen LogP contribution in [0, 0.1) is 0 Å². The standard InChI is InChI=1S/C23H19ClN2O4S/c1-3-30-22(29)19-13(2)25-23-26(20(19)15-7-9-16(24)10-8-15)21(28)18(31-23)12-14-5-4-6-17(27)11-14/h4-12,20,27H,3H2,1-2H3/b18-12-/t20-/m0/s1. The molecule has 0 bridgehead atoms. The molecule has 0 fully saturated rings. The highest BCUT2D eigenvalue weighted by atomic mass is 35.5. The van der Waals surface area contributed by atoms with Gasteiger partial charge in [0.25, 0.3) is 5.56 Å². The van der Waals surface area contributed by atoms with Gasteiger partial charge in [-0.2, -0.15) is 0 Å². The average Bonchev–Trinajstić information content (AvgIpc) is 3.02. The Morgan fingerprint density at radius 3 is 2.71 bits per heavy atom. The Bertz CT molecular complexity index is 1370. The van der Waals surface area contributed by atoms with Gasteiger partial charge in [0.05, 0.1) is 28.5 Å². The van der Waals surface area contributed by atoms with Crippen molar-refractivity contribution in [2.45, 2.75) is 19.9 Å². The summed E-state index contributed by atoms with van der Waals surface area (Å²) in [7, 11) is 0. The number of halogens is 1. The van der Waals surface area contributed by atoms with Crippen molar-refractivity contribution in [3.63, 3.8) is 0 Å². The van der Waals surface area contributed by atoms with Crippen molar-refractivity contribution in [3.05, 3.63) is 95.6 Å². The van der Waals surface area contributed by atoms with Crippen LogP contribution in [0.5, 0.6) is 5.75 Å². The molecule has 31 heavy (non-hydrogen) atoms. The number of aromatic hydroxyl groups is 1. The van der Waals surface area contributed by atoms with Crippen LogP contribution in [-0.4, -0.2) is 22.2 Å². The molecule has 1 N–H and O–H groups in total. The third-order valence-corrected chi connectivity index (χ3v) is 6.11. The van der Waals surface area contributed by atoms with Crippen LogP contribution in [0.4, 0.5) is 0 Å². The van der Waals surface area contributed by atoms with Crippen molar-refractivity contribution in [3.8, 4) is 5.75 Å². The molecular formula is C23H19ClN2O4S. The lowest BCUT2D eigenvalue weighted by Crippen LogP contribution is -2.39. The number of hydrogen-bond acceptors (Lipinski definition) is 6. The van der Waals surface area contributed by atoms with Crippen molar-refractivity contribution in [2.75, 3.05) is 6.61 Å². The van der Waals surface area contributed by atoms with Gasteiger partial charge in [0.1, 0.15) is 5.75 Å². The summed E-state index contributed by atoms with van der Waals surface area (Å²) in [4.78, 5) is 31.2. The highest BCUT2D eigenvalue weighted by molar-refractivity contribution is 7.07. The summed E-state index contributed by atoms with van der Waals surface area (Å²) in [5.41, 5.74) is 1.96. The number of carbonyl (C=O) groups is 1. The summed E-state index contributed by atoms with van der Waals surface area (Å²) in [6.07, 6.45) is 1.70. The molecule has 0 spiro atoms. The maximum Gasteiger partial charge on any atom is 0.338 e. The van der Waals surface area contributed by atoms with E-state index in [-0.39, 0.29) is 17.9 Å². The molecule has 1 atom stereocenters. The number of esters is 1. The lowest BCUT2D eigenvalue weighted by atomic mass is 9.96. The molecule has 1 aromatic heterocycles. The molecular weight excluding hydrogens is 436 g/mol. The van der Waals surface area contributed by atoms with Gasteiger partial charge < -0.3 is 9.84 Å². The number of thiazole rings is 1. The quantitative estimate of drug-likeness (QED) is 0.614. The average molecular weight is 455 g/mol. The fourth-order valence-corrected chi connectivity index (χ4v) is 4.69. The van der Waals surface area contributed by atoms with Gasteiger partial charge in [0.2, 0.25) is 0 Å². The zero-order chi connectivity index (χ0) is 22.1. The van der Waals surface area contributed by atoms with Crippen molar-refractivity contribution in [2.24, 2.45) is 4.99 Å². The first-order chi connectivity index (χ1) is 14.9. The Kier molecular flexibility index (Phi) is 5.80. The number of carbonyl (C=O) groups excluding carboxylic acids is 1. The summed E-state index contributed by atoms with van der Waals surface area (Å²) >= 11 is 7.28. The molecule has 4 rings (SSSR count). The molecule has 1 aliphatic heterocycles. The van der Waals surface area contributed by atoms with Gasteiger partial charge in [0, 0.05) is 5.02 Å². The molecule has 8 heteroatoms.